The molecule has 0 radical (unpaired) electrons. The van der Waals surface area contributed by atoms with Crippen molar-refractivity contribution >= 4 is 11.7 Å². The van der Waals surface area contributed by atoms with Crippen LogP contribution in [0.3, 0.4) is 0 Å². The molecule has 0 bridgehead atoms. The van der Waals surface area contributed by atoms with Gasteiger partial charge in [0.05, 0.1) is 17.3 Å². The van der Waals surface area contributed by atoms with Crippen LogP contribution in [-0.4, -0.2) is 21.6 Å². The Bertz CT molecular complexity index is 683. The van der Waals surface area contributed by atoms with Crippen molar-refractivity contribution in [1.82, 2.24) is 9.97 Å². The molecule has 8 heteroatoms. The van der Waals surface area contributed by atoms with E-state index in [1.807, 2.05) is 0 Å². The maximum absolute atomic E-state index is 12.4. The summed E-state index contributed by atoms with van der Waals surface area (Å²) in [5.41, 5.74) is -0.150. The molecule has 0 fully saturated rings. The molecule has 0 aliphatic rings. The van der Waals surface area contributed by atoms with Gasteiger partial charge in [-0.2, -0.15) is 13.2 Å². The van der Waals surface area contributed by atoms with Gasteiger partial charge in [-0.25, -0.2) is 4.79 Å². The molecule has 0 unspecified atom stereocenters. The fourth-order valence-electron chi connectivity index (χ4n) is 1.49. The molecule has 5 nitrogen and oxygen atoms in total. The highest BCUT2D eigenvalue weighted by Crippen LogP contribution is 2.29. The summed E-state index contributed by atoms with van der Waals surface area (Å²) in [6.45, 7) is 1.56. The van der Waals surface area contributed by atoms with Crippen molar-refractivity contribution in [2.75, 3.05) is 0 Å². The van der Waals surface area contributed by atoms with E-state index in [1.54, 1.807) is 6.92 Å². The number of carbonyl (C=O) groups excluding carboxylic acids is 1. The molecule has 22 heavy (non-hydrogen) atoms. The molecular weight excluding hydrogens is 299 g/mol. The molecule has 0 saturated heterocycles. The van der Waals surface area contributed by atoms with Crippen LogP contribution in [-0.2, 0) is 11.0 Å². The minimum absolute atomic E-state index is 0.0382. The van der Waals surface area contributed by atoms with Crippen LogP contribution in [0.1, 0.15) is 28.5 Å². The summed E-state index contributed by atoms with van der Waals surface area (Å²) < 4.78 is 37.2. The van der Waals surface area contributed by atoms with Crippen LogP contribution in [0.5, 0.6) is 0 Å². The van der Waals surface area contributed by atoms with Crippen LogP contribution >= 0.6 is 0 Å². The third-order valence-electron chi connectivity index (χ3n) is 2.65. The van der Waals surface area contributed by atoms with Crippen LogP contribution in [0.15, 0.2) is 48.0 Å². The summed E-state index contributed by atoms with van der Waals surface area (Å²) in [6, 6.07) is 3.66. The number of hydrogen-bond acceptors (Lipinski definition) is 5. The molecule has 0 amide bonds. The van der Waals surface area contributed by atoms with E-state index in [1.165, 1.54) is 18.6 Å². The third-order valence-corrected chi connectivity index (χ3v) is 2.65. The summed E-state index contributed by atoms with van der Waals surface area (Å²) in [5, 5.41) is 3.58. The topological polar surface area (TPSA) is 64.4 Å². The van der Waals surface area contributed by atoms with Crippen LogP contribution in [0.4, 0.5) is 13.2 Å². The number of benzene rings is 1. The molecule has 2 aromatic rings. The first kappa shape index (κ1) is 15.6. The van der Waals surface area contributed by atoms with Gasteiger partial charge in [-0.05, 0) is 31.2 Å². The number of nitrogens with zero attached hydrogens (tertiary/aromatic N) is 3. The summed E-state index contributed by atoms with van der Waals surface area (Å²) in [6.07, 6.45) is -0.0923. The van der Waals surface area contributed by atoms with Crippen molar-refractivity contribution in [2.45, 2.75) is 13.1 Å². The minimum atomic E-state index is -4.46. The maximum atomic E-state index is 12.4. The second-order valence-electron chi connectivity index (χ2n) is 4.22. The molecule has 0 aliphatic carbocycles. The van der Waals surface area contributed by atoms with Gasteiger partial charge in [-0.15, -0.1) is 0 Å². The fourth-order valence-corrected chi connectivity index (χ4v) is 1.49. The summed E-state index contributed by atoms with van der Waals surface area (Å²) in [5.74, 6) is -0.864. The maximum Gasteiger partial charge on any atom is 0.416 e. The molecule has 2 rings (SSSR count). The standard InChI is InChI=1S/C14H10F3N3O2/c1-9(12-8-18-6-7-19-12)20-22-13(21)10-2-4-11(5-3-10)14(15,16)17/h2-8H,1H3/b20-9-. The molecule has 114 valence electrons. The molecule has 1 aromatic heterocycles. The fraction of sp³-hybridized carbons (Fsp3) is 0.143. The molecular formula is C14H10F3N3O2. The van der Waals surface area contributed by atoms with E-state index in [-0.39, 0.29) is 5.56 Å². The van der Waals surface area contributed by atoms with Crippen molar-refractivity contribution in [3.8, 4) is 0 Å². The van der Waals surface area contributed by atoms with Gasteiger partial charge in [-0.1, -0.05) is 5.16 Å². The Hall–Kier alpha value is -2.77. The number of rotatable bonds is 3. The lowest BCUT2D eigenvalue weighted by molar-refractivity contribution is -0.137. The van der Waals surface area contributed by atoms with Crippen molar-refractivity contribution in [3.05, 3.63) is 59.7 Å². The first-order valence-electron chi connectivity index (χ1n) is 6.07. The number of oxime groups is 1. The Kier molecular flexibility index (Phi) is 4.50. The predicted octanol–water partition coefficient (Wildman–Crippen LogP) is 3.08. The lowest BCUT2D eigenvalue weighted by Crippen LogP contribution is -2.07. The summed E-state index contributed by atoms with van der Waals surface area (Å²) in [7, 11) is 0. The highest BCUT2D eigenvalue weighted by Gasteiger charge is 2.30. The monoisotopic (exact) mass is 309 g/mol. The van der Waals surface area contributed by atoms with Crippen LogP contribution in [0.2, 0.25) is 0 Å². The first-order chi connectivity index (χ1) is 10.4. The number of aromatic nitrogens is 2. The Morgan fingerprint density at radius 3 is 2.41 bits per heavy atom. The molecule has 1 aromatic carbocycles. The number of halogens is 3. The Morgan fingerprint density at radius 2 is 1.86 bits per heavy atom. The SMILES string of the molecule is C/C(=N/OC(=O)c1ccc(C(F)(F)F)cc1)c1cnccn1. The van der Waals surface area contributed by atoms with E-state index in [9.17, 15) is 18.0 Å². The summed E-state index contributed by atoms with van der Waals surface area (Å²) in [4.78, 5) is 24.2. The molecule has 0 aliphatic heterocycles. The van der Waals surface area contributed by atoms with Gasteiger partial charge in [0, 0.05) is 12.4 Å². The average Bonchev–Trinajstić information content (AvgIpc) is 2.52. The van der Waals surface area contributed by atoms with Gasteiger partial charge in [0.2, 0.25) is 0 Å². The van der Waals surface area contributed by atoms with Gasteiger partial charge < -0.3 is 4.84 Å². The molecule has 0 saturated carbocycles. The normalized spacial score (nSPS) is 12.1. The Labute approximate surface area is 123 Å². The van der Waals surface area contributed by atoms with E-state index >= 15 is 0 Å². The van der Waals surface area contributed by atoms with E-state index in [4.69, 9.17) is 0 Å². The largest absolute Gasteiger partial charge is 0.416 e. The molecule has 0 atom stereocenters. The van der Waals surface area contributed by atoms with Crippen LogP contribution in [0.25, 0.3) is 0 Å². The number of hydrogen-bond donors (Lipinski definition) is 0. The van der Waals surface area contributed by atoms with Crippen molar-refractivity contribution < 1.29 is 22.8 Å². The molecule has 1 heterocycles. The van der Waals surface area contributed by atoms with E-state index in [0.29, 0.717) is 11.4 Å². The average molecular weight is 309 g/mol. The van der Waals surface area contributed by atoms with E-state index < -0.39 is 17.7 Å². The van der Waals surface area contributed by atoms with Crippen molar-refractivity contribution in [1.29, 1.82) is 0 Å². The second kappa shape index (κ2) is 6.33. The van der Waals surface area contributed by atoms with Gasteiger partial charge in [0.15, 0.2) is 0 Å². The lowest BCUT2D eigenvalue weighted by atomic mass is 10.1. The minimum Gasteiger partial charge on any atom is -0.312 e. The first-order valence-corrected chi connectivity index (χ1v) is 6.07. The van der Waals surface area contributed by atoms with Crippen LogP contribution in [0, 0.1) is 0 Å². The van der Waals surface area contributed by atoms with Crippen molar-refractivity contribution in [3.63, 3.8) is 0 Å². The second-order valence-corrected chi connectivity index (χ2v) is 4.22. The Morgan fingerprint density at radius 1 is 1.18 bits per heavy atom. The van der Waals surface area contributed by atoms with Gasteiger partial charge in [0.1, 0.15) is 11.4 Å². The third kappa shape index (κ3) is 3.87. The van der Waals surface area contributed by atoms with E-state index in [0.717, 1.165) is 24.3 Å². The zero-order valence-corrected chi connectivity index (χ0v) is 11.3. The number of alkyl halides is 3. The zero-order chi connectivity index (χ0) is 16.2. The smallest absolute Gasteiger partial charge is 0.312 e. The van der Waals surface area contributed by atoms with Crippen LogP contribution < -0.4 is 0 Å². The predicted molar refractivity (Wildman–Crippen MR) is 71.1 cm³/mol. The van der Waals surface area contributed by atoms with Gasteiger partial charge in [-0.3, -0.25) is 9.97 Å². The molecule has 0 N–H and O–H groups in total. The number of carbonyl (C=O) groups is 1. The van der Waals surface area contributed by atoms with Crippen molar-refractivity contribution in [2.24, 2.45) is 5.16 Å². The quantitative estimate of drug-likeness (QED) is 0.496. The summed E-state index contributed by atoms with van der Waals surface area (Å²) >= 11 is 0. The Balaban J connectivity index is 2.07. The molecule has 0 spiro atoms. The van der Waals surface area contributed by atoms with E-state index in [2.05, 4.69) is 20.0 Å². The zero-order valence-electron chi connectivity index (χ0n) is 11.3. The highest BCUT2D eigenvalue weighted by atomic mass is 19.4. The lowest BCUT2D eigenvalue weighted by Gasteiger charge is -2.06. The highest BCUT2D eigenvalue weighted by molar-refractivity contribution is 5.97. The van der Waals surface area contributed by atoms with Gasteiger partial charge >= 0.3 is 12.1 Å². The van der Waals surface area contributed by atoms with Gasteiger partial charge in [0.25, 0.3) is 0 Å².